The number of carbonyl (C=O) groups is 1. The predicted molar refractivity (Wildman–Crippen MR) is 38.0 cm³/mol. The summed E-state index contributed by atoms with van der Waals surface area (Å²) in [5.74, 6) is 0.758. The Labute approximate surface area is 63.8 Å². The van der Waals surface area contributed by atoms with Crippen molar-refractivity contribution in [1.82, 2.24) is 0 Å². The maximum atomic E-state index is 10.4. The zero-order chi connectivity index (χ0) is 7.56. The van der Waals surface area contributed by atoms with Gasteiger partial charge < -0.3 is 4.42 Å². The monoisotopic (exact) mass is 158 g/mol. The van der Waals surface area contributed by atoms with E-state index in [2.05, 4.69) is 0 Å². The Hall–Kier alpha value is -0.760. The van der Waals surface area contributed by atoms with Crippen LogP contribution in [0.25, 0.3) is 0 Å². The van der Waals surface area contributed by atoms with Crippen molar-refractivity contribution in [2.24, 2.45) is 0 Å². The van der Waals surface area contributed by atoms with E-state index in [1.807, 2.05) is 0 Å². The van der Waals surface area contributed by atoms with Gasteiger partial charge in [0.15, 0.2) is 0 Å². The van der Waals surface area contributed by atoms with Gasteiger partial charge in [-0.3, -0.25) is 4.79 Å². The van der Waals surface area contributed by atoms with Crippen LogP contribution in [-0.4, -0.2) is 5.24 Å². The van der Waals surface area contributed by atoms with E-state index in [0.29, 0.717) is 0 Å². The summed E-state index contributed by atoms with van der Waals surface area (Å²) in [6.45, 7) is 1.80. The smallest absolute Gasteiger partial charge is 0.226 e. The lowest BCUT2D eigenvalue weighted by Crippen LogP contribution is -1.92. The molecule has 0 aliphatic rings. The Kier molecular flexibility index (Phi) is 2.12. The van der Waals surface area contributed by atoms with E-state index >= 15 is 0 Å². The molecule has 3 heteroatoms. The van der Waals surface area contributed by atoms with Crippen LogP contribution < -0.4 is 0 Å². The highest BCUT2D eigenvalue weighted by atomic mass is 35.5. The molecule has 0 amide bonds. The predicted octanol–water partition coefficient (Wildman–Crippen LogP) is 1.90. The summed E-state index contributed by atoms with van der Waals surface area (Å²) in [4.78, 5) is 10.4. The summed E-state index contributed by atoms with van der Waals surface area (Å²) < 4.78 is 4.95. The van der Waals surface area contributed by atoms with Gasteiger partial charge in [0.2, 0.25) is 5.24 Å². The lowest BCUT2D eigenvalue weighted by molar-refractivity contribution is -0.111. The van der Waals surface area contributed by atoms with Gasteiger partial charge in [0, 0.05) is 5.56 Å². The second kappa shape index (κ2) is 2.88. The second-order valence-electron chi connectivity index (χ2n) is 2.03. The average molecular weight is 159 g/mol. The average Bonchev–Trinajstić information content (AvgIpc) is 2.15. The molecule has 0 saturated carbocycles. The minimum atomic E-state index is -0.357. The van der Waals surface area contributed by atoms with Crippen molar-refractivity contribution in [1.29, 1.82) is 0 Å². The van der Waals surface area contributed by atoms with Gasteiger partial charge in [-0.15, -0.1) is 0 Å². The highest BCUT2D eigenvalue weighted by molar-refractivity contribution is 6.63. The quantitative estimate of drug-likeness (QED) is 0.616. The van der Waals surface area contributed by atoms with E-state index in [9.17, 15) is 4.79 Å². The molecule has 0 radical (unpaired) electrons. The summed E-state index contributed by atoms with van der Waals surface area (Å²) in [5.41, 5.74) is 0.861. The first-order chi connectivity index (χ1) is 4.70. The third kappa shape index (κ3) is 1.61. The van der Waals surface area contributed by atoms with Gasteiger partial charge in [0.05, 0.1) is 12.7 Å². The van der Waals surface area contributed by atoms with Crippen molar-refractivity contribution in [2.75, 3.05) is 0 Å². The Bertz CT molecular complexity index is 240. The normalized spacial score (nSPS) is 9.80. The van der Waals surface area contributed by atoms with Crippen LogP contribution in [0.1, 0.15) is 11.3 Å². The Morgan fingerprint density at radius 3 is 2.90 bits per heavy atom. The molecule has 54 valence electrons. The van der Waals surface area contributed by atoms with Crippen molar-refractivity contribution in [3.05, 3.63) is 23.7 Å². The molecular formula is C7H7ClO2. The van der Waals surface area contributed by atoms with Crippen molar-refractivity contribution in [3.8, 4) is 0 Å². The van der Waals surface area contributed by atoms with Gasteiger partial charge in [-0.25, -0.2) is 0 Å². The summed E-state index contributed by atoms with van der Waals surface area (Å²) in [6, 6.07) is 1.75. The molecule has 1 heterocycles. The lowest BCUT2D eigenvalue weighted by Gasteiger charge is -1.89. The summed E-state index contributed by atoms with van der Waals surface area (Å²) in [5, 5.41) is -0.357. The largest absolute Gasteiger partial charge is 0.469 e. The molecule has 0 bridgehead atoms. The van der Waals surface area contributed by atoms with E-state index in [4.69, 9.17) is 16.0 Å². The number of rotatable bonds is 2. The highest BCUT2D eigenvalue weighted by Crippen LogP contribution is 2.10. The Balaban J connectivity index is 2.74. The maximum Gasteiger partial charge on any atom is 0.226 e. The van der Waals surface area contributed by atoms with Crippen LogP contribution >= 0.6 is 11.6 Å². The molecule has 0 fully saturated rings. The minimum absolute atomic E-state index is 0.254. The number of furan rings is 1. The molecule has 0 spiro atoms. The number of hydrogen-bond donors (Lipinski definition) is 0. The molecule has 0 aromatic carbocycles. The van der Waals surface area contributed by atoms with Gasteiger partial charge in [0.1, 0.15) is 5.76 Å². The fourth-order valence-electron chi connectivity index (χ4n) is 0.744. The molecule has 2 nitrogen and oxygen atoms in total. The number of aryl methyl sites for hydroxylation is 1. The third-order valence-corrected chi connectivity index (χ3v) is 1.43. The molecule has 0 N–H and O–H groups in total. The van der Waals surface area contributed by atoms with Gasteiger partial charge in [-0.05, 0) is 24.6 Å². The molecular weight excluding hydrogens is 152 g/mol. The van der Waals surface area contributed by atoms with Gasteiger partial charge in [0.25, 0.3) is 0 Å². The van der Waals surface area contributed by atoms with Crippen molar-refractivity contribution in [3.63, 3.8) is 0 Å². The summed E-state index contributed by atoms with van der Waals surface area (Å²) in [6.07, 6.45) is 1.80. The van der Waals surface area contributed by atoms with Gasteiger partial charge in [-0.2, -0.15) is 0 Å². The maximum absolute atomic E-state index is 10.4. The van der Waals surface area contributed by atoms with Crippen LogP contribution in [0, 0.1) is 6.92 Å². The zero-order valence-electron chi connectivity index (χ0n) is 5.56. The van der Waals surface area contributed by atoms with E-state index in [1.165, 1.54) is 0 Å². The number of hydrogen-bond acceptors (Lipinski definition) is 2. The molecule has 1 aromatic heterocycles. The van der Waals surface area contributed by atoms with E-state index in [0.717, 1.165) is 11.3 Å². The molecule has 0 unspecified atom stereocenters. The topological polar surface area (TPSA) is 30.2 Å². The van der Waals surface area contributed by atoms with Crippen LogP contribution in [0.4, 0.5) is 0 Å². The lowest BCUT2D eigenvalue weighted by atomic mass is 10.2. The van der Waals surface area contributed by atoms with Crippen LogP contribution in [0.5, 0.6) is 0 Å². The van der Waals surface area contributed by atoms with Crippen LogP contribution in [0.2, 0.25) is 0 Å². The summed E-state index contributed by atoms with van der Waals surface area (Å²) >= 11 is 5.16. The Morgan fingerprint density at radius 1 is 1.80 bits per heavy atom. The second-order valence-corrected chi connectivity index (χ2v) is 2.46. The standard InChI is InChI=1S/C7H7ClO2/c1-5-6(2-3-10-5)4-7(8)9/h2-3H,4H2,1H3. The minimum Gasteiger partial charge on any atom is -0.469 e. The SMILES string of the molecule is Cc1occc1CC(=O)Cl. The molecule has 10 heavy (non-hydrogen) atoms. The van der Waals surface area contributed by atoms with Crippen LogP contribution in [0.15, 0.2) is 16.7 Å². The zero-order valence-corrected chi connectivity index (χ0v) is 6.31. The summed E-state index contributed by atoms with van der Waals surface area (Å²) in [7, 11) is 0. The first-order valence-corrected chi connectivity index (χ1v) is 3.29. The van der Waals surface area contributed by atoms with Crippen molar-refractivity contribution in [2.45, 2.75) is 13.3 Å². The van der Waals surface area contributed by atoms with Crippen LogP contribution in [-0.2, 0) is 11.2 Å². The van der Waals surface area contributed by atoms with E-state index in [-0.39, 0.29) is 11.7 Å². The molecule has 0 aliphatic carbocycles. The Morgan fingerprint density at radius 2 is 2.50 bits per heavy atom. The van der Waals surface area contributed by atoms with Crippen molar-refractivity contribution >= 4 is 16.8 Å². The fraction of sp³-hybridized carbons (Fsp3) is 0.286. The van der Waals surface area contributed by atoms with Gasteiger partial charge >= 0.3 is 0 Å². The first-order valence-electron chi connectivity index (χ1n) is 2.91. The number of carbonyl (C=O) groups excluding carboxylic acids is 1. The molecule has 0 aliphatic heterocycles. The van der Waals surface area contributed by atoms with E-state index < -0.39 is 0 Å². The molecule has 0 saturated heterocycles. The fourth-order valence-corrected chi connectivity index (χ4v) is 0.888. The molecule has 1 aromatic rings. The van der Waals surface area contributed by atoms with Gasteiger partial charge in [-0.1, -0.05) is 0 Å². The number of halogens is 1. The van der Waals surface area contributed by atoms with Crippen molar-refractivity contribution < 1.29 is 9.21 Å². The van der Waals surface area contributed by atoms with E-state index in [1.54, 1.807) is 19.3 Å². The highest BCUT2D eigenvalue weighted by Gasteiger charge is 2.04. The molecule has 1 rings (SSSR count). The third-order valence-electron chi connectivity index (χ3n) is 1.30. The van der Waals surface area contributed by atoms with Crippen LogP contribution in [0.3, 0.4) is 0 Å². The molecule has 0 atom stereocenters. The first kappa shape index (κ1) is 7.35.